The number of carboxylic acids is 1. The quantitative estimate of drug-likeness (QED) is 0.816. The van der Waals surface area contributed by atoms with Crippen molar-refractivity contribution in [3.05, 3.63) is 11.8 Å². The molecule has 0 aromatic carbocycles. The van der Waals surface area contributed by atoms with E-state index in [2.05, 4.69) is 10.4 Å². The van der Waals surface area contributed by atoms with Crippen molar-refractivity contribution in [1.29, 1.82) is 0 Å². The monoisotopic (exact) mass is 223 g/mol. The Labute approximate surface area is 94.5 Å². The van der Waals surface area contributed by atoms with Crippen molar-refractivity contribution in [3.63, 3.8) is 0 Å². The van der Waals surface area contributed by atoms with Crippen LogP contribution in [-0.2, 0) is 4.79 Å². The van der Waals surface area contributed by atoms with E-state index in [1.165, 1.54) is 25.7 Å². The van der Waals surface area contributed by atoms with Crippen LogP contribution in [0.15, 0.2) is 6.20 Å². The van der Waals surface area contributed by atoms with Gasteiger partial charge in [0.25, 0.3) is 0 Å². The first kappa shape index (κ1) is 11.0. The van der Waals surface area contributed by atoms with E-state index in [0.717, 1.165) is 5.56 Å². The van der Waals surface area contributed by atoms with E-state index in [9.17, 15) is 4.79 Å². The van der Waals surface area contributed by atoms with Gasteiger partial charge in [-0.25, -0.2) is 0 Å². The number of aliphatic carboxylic acids is 1. The molecule has 2 N–H and O–H groups in total. The predicted molar refractivity (Wildman–Crippen MR) is 60.6 cm³/mol. The van der Waals surface area contributed by atoms with Crippen LogP contribution in [-0.4, -0.2) is 27.4 Å². The molecule has 5 heteroatoms. The van der Waals surface area contributed by atoms with Crippen LogP contribution in [0.4, 0.5) is 5.82 Å². The predicted octanol–water partition coefficient (Wildman–Crippen LogP) is 1.80. The Bertz CT molecular complexity index is 381. The lowest BCUT2D eigenvalue weighted by molar-refractivity contribution is -0.134. The minimum absolute atomic E-state index is 0.0808. The molecule has 1 aliphatic rings. The number of rotatable bonds is 4. The number of hydrogen-bond donors (Lipinski definition) is 2. The lowest BCUT2D eigenvalue weighted by atomic mass is 10.2. The summed E-state index contributed by atoms with van der Waals surface area (Å²) in [5, 5.41) is 15.8. The number of aromatic nitrogens is 2. The highest BCUT2D eigenvalue weighted by atomic mass is 16.4. The molecule has 0 radical (unpaired) electrons. The first-order chi connectivity index (χ1) is 7.66. The topological polar surface area (TPSA) is 67.2 Å². The number of carbonyl (C=O) groups is 1. The van der Waals surface area contributed by atoms with E-state index in [4.69, 9.17) is 5.11 Å². The molecule has 1 aliphatic carbocycles. The molecular weight excluding hydrogens is 206 g/mol. The van der Waals surface area contributed by atoms with Gasteiger partial charge < -0.3 is 10.4 Å². The molecule has 0 aliphatic heterocycles. The zero-order valence-corrected chi connectivity index (χ0v) is 9.44. The van der Waals surface area contributed by atoms with E-state index in [-0.39, 0.29) is 6.54 Å². The van der Waals surface area contributed by atoms with Crippen LogP contribution < -0.4 is 5.32 Å². The molecule has 1 aromatic heterocycles. The first-order valence-electron chi connectivity index (χ1n) is 5.68. The number of aryl methyl sites for hydroxylation is 1. The summed E-state index contributed by atoms with van der Waals surface area (Å²) in [5.74, 6) is -0.177. The molecule has 1 fully saturated rings. The summed E-state index contributed by atoms with van der Waals surface area (Å²) in [7, 11) is 0. The molecule has 0 atom stereocenters. The van der Waals surface area contributed by atoms with Gasteiger partial charge in [0.05, 0.1) is 6.04 Å². The number of nitrogens with zero attached hydrogens (tertiary/aromatic N) is 2. The second-order valence-electron chi connectivity index (χ2n) is 4.33. The molecular formula is C11H17N3O2. The number of anilines is 1. The van der Waals surface area contributed by atoms with Gasteiger partial charge >= 0.3 is 5.97 Å². The second kappa shape index (κ2) is 4.55. The van der Waals surface area contributed by atoms with Gasteiger partial charge in [-0.05, 0) is 19.8 Å². The maximum atomic E-state index is 10.4. The van der Waals surface area contributed by atoms with Crippen LogP contribution in [0.5, 0.6) is 0 Å². The molecule has 0 saturated heterocycles. The van der Waals surface area contributed by atoms with Crippen LogP contribution in [0, 0.1) is 6.92 Å². The molecule has 5 nitrogen and oxygen atoms in total. The Morgan fingerprint density at radius 2 is 2.31 bits per heavy atom. The normalized spacial score (nSPS) is 16.6. The van der Waals surface area contributed by atoms with Crippen molar-refractivity contribution < 1.29 is 9.90 Å². The number of nitrogens with one attached hydrogen (secondary N) is 1. The summed E-state index contributed by atoms with van der Waals surface area (Å²) in [6, 6.07) is 0.499. The van der Waals surface area contributed by atoms with Gasteiger partial charge in [0, 0.05) is 11.8 Å². The van der Waals surface area contributed by atoms with Crippen LogP contribution in [0.25, 0.3) is 0 Å². The number of hydrogen-bond acceptors (Lipinski definition) is 3. The third kappa shape index (κ3) is 2.35. The van der Waals surface area contributed by atoms with Crippen LogP contribution in [0.1, 0.15) is 37.3 Å². The van der Waals surface area contributed by atoms with Crippen LogP contribution >= 0.6 is 0 Å². The van der Waals surface area contributed by atoms with Gasteiger partial charge in [0.1, 0.15) is 6.54 Å². The summed E-state index contributed by atoms with van der Waals surface area (Å²) < 4.78 is 1.98. The fraction of sp³-hybridized carbons (Fsp3) is 0.636. The fourth-order valence-corrected chi connectivity index (χ4v) is 2.17. The Balaban J connectivity index is 2.05. The smallest absolute Gasteiger partial charge is 0.322 e. The molecule has 1 heterocycles. The average molecular weight is 223 g/mol. The molecule has 0 amide bonds. The zero-order chi connectivity index (χ0) is 11.5. The molecule has 88 valence electrons. The van der Waals surface area contributed by atoms with Crippen LogP contribution in [0.2, 0.25) is 0 Å². The van der Waals surface area contributed by atoms with Gasteiger partial charge in [0.15, 0.2) is 5.82 Å². The zero-order valence-electron chi connectivity index (χ0n) is 9.44. The van der Waals surface area contributed by atoms with Crippen molar-refractivity contribution >= 4 is 11.8 Å². The highest BCUT2D eigenvalue weighted by Crippen LogP contribution is 2.30. The van der Waals surface area contributed by atoms with Gasteiger partial charge in [-0.1, -0.05) is 12.8 Å². The van der Waals surface area contributed by atoms with Gasteiger partial charge in [-0.3, -0.25) is 9.48 Å². The van der Waals surface area contributed by atoms with E-state index < -0.39 is 5.97 Å². The van der Waals surface area contributed by atoms with E-state index in [1.807, 2.05) is 17.8 Å². The Kier molecular flexibility index (Phi) is 3.12. The molecule has 0 spiro atoms. The first-order valence-corrected chi connectivity index (χ1v) is 5.68. The standard InChI is InChI=1S/C11H17N3O2/c1-8-7-14(9-4-2-3-5-9)13-11(8)12-6-10(15)16/h7,9H,2-6H2,1H3,(H,12,13)(H,15,16). The Hall–Kier alpha value is -1.52. The maximum Gasteiger partial charge on any atom is 0.322 e. The SMILES string of the molecule is Cc1cn(C2CCCC2)nc1NCC(=O)O. The third-order valence-electron chi connectivity index (χ3n) is 3.02. The highest BCUT2D eigenvalue weighted by molar-refractivity contribution is 5.72. The minimum Gasteiger partial charge on any atom is -0.480 e. The highest BCUT2D eigenvalue weighted by Gasteiger charge is 2.18. The van der Waals surface area contributed by atoms with Gasteiger partial charge in [-0.15, -0.1) is 0 Å². The average Bonchev–Trinajstić information content (AvgIpc) is 2.83. The van der Waals surface area contributed by atoms with Gasteiger partial charge in [-0.2, -0.15) is 5.10 Å². The Morgan fingerprint density at radius 1 is 1.62 bits per heavy atom. The summed E-state index contributed by atoms with van der Waals surface area (Å²) >= 11 is 0. The van der Waals surface area contributed by atoms with Crippen molar-refractivity contribution in [1.82, 2.24) is 9.78 Å². The van der Waals surface area contributed by atoms with E-state index in [1.54, 1.807) is 0 Å². The Morgan fingerprint density at radius 3 is 2.94 bits per heavy atom. The lowest BCUT2D eigenvalue weighted by Crippen LogP contribution is -2.13. The third-order valence-corrected chi connectivity index (χ3v) is 3.02. The van der Waals surface area contributed by atoms with E-state index >= 15 is 0 Å². The molecule has 0 unspecified atom stereocenters. The molecule has 1 aromatic rings. The number of carboxylic acid groups (broad SMARTS) is 1. The van der Waals surface area contributed by atoms with Crippen molar-refractivity contribution in [2.45, 2.75) is 38.6 Å². The minimum atomic E-state index is -0.866. The summed E-state index contributed by atoms with van der Waals surface area (Å²) in [6.07, 6.45) is 6.89. The molecule has 0 bridgehead atoms. The molecule has 1 saturated carbocycles. The largest absolute Gasteiger partial charge is 0.480 e. The lowest BCUT2D eigenvalue weighted by Gasteiger charge is -2.08. The summed E-state index contributed by atoms with van der Waals surface area (Å²) in [6.45, 7) is 1.87. The van der Waals surface area contributed by atoms with Crippen molar-refractivity contribution in [2.24, 2.45) is 0 Å². The fourth-order valence-electron chi connectivity index (χ4n) is 2.17. The second-order valence-corrected chi connectivity index (χ2v) is 4.33. The molecule has 16 heavy (non-hydrogen) atoms. The van der Waals surface area contributed by atoms with Gasteiger partial charge in [0.2, 0.25) is 0 Å². The van der Waals surface area contributed by atoms with E-state index in [0.29, 0.717) is 11.9 Å². The summed E-state index contributed by atoms with van der Waals surface area (Å²) in [5.41, 5.74) is 1.01. The van der Waals surface area contributed by atoms with Crippen molar-refractivity contribution in [3.8, 4) is 0 Å². The van der Waals surface area contributed by atoms with Crippen molar-refractivity contribution in [2.75, 3.05) is 11.9 Å². The maximum absolute atomic E-state index is 10.4. The summed E-state index contributed by atoms with van der Waals surface area (Å²) in [4.78, 5) is 10.4. The molecule has 2 rings (SSSR count). The van der Waals surface area contributed by atoms with Crippen LogP contribution in [0.3, 0.4) is 0 Å².